The molecule has 1 aliphatic heterocycles. The summed E-state index contributed by atoms with van der Waals surface area (Å²) in [6, 6.07) is 9.11. The van der Waals surface area contributed by atoms with Crippen LogP contribution in [0.25, 0.3) is 11.3 Å². The van der Waals surface area contributed by atoms with E-state index in [-0.39, 0.29) is 17.7 Å². The summed E-state index contributed by atoms with van der Waals surface area (Å²) in [7, 11) is 0. The second kappa shape index (κ2) is 6.71. The third-order valence-electron chi connectivity index (χ3n) is 4.53. The molecule has 0 bridgehead atoms. The molecule has 138 valence electrons. The van der Waals surface area contributed by atoms with E-state index in [2.05, 4.69) is 15.4 Å². The molecule has 8 heteroatoms. The van der Waals surface area contributed by atoms with E-state index in [1.54, 1.807) is 29.2 Å². The minimum absolute atomic E-state index is 0.282. The maximum absolute atomic E-state index is 13.1. The number of hydrogen-bond acceptors (Lipinski definition) is 4. The van der Waals surface area contributed by atoms with Crippen molar-refractivity contribution in [1.82, 2.24) is 19.7 Å². The van der Waals surface area contributed by atoms with Crippen molar-refractivity contribution in [3.63, 3.8) is 0 Å². The second-order valence-electron chi connectivity index (χ2n) is 6.38. The average Bonchev–Trinajstić information content (AvgIpc) is 3.23. The molecule has 7 nitrogen and oxygen atoms in total. The lowest BCUT2D eigenvalue weighted by atomic mass is 10.1. The van der Waals surface area contributed by atoms with Crippen molar-refractivity contribution in [3.05, 3.63) is 59.7 Å². The number of aryl methyl sites for hydroxylation is 1. The van der Waals surface area contributed by atoms with E-state index in [1.807, 2.05) is 17.8 Å². The molecule has 3 N–H and O–H groups in total. The fourth-order valence-corrected chi connectivity index (χ4v) is 3.05. The van der Waals surface area contributed by atoms with Crippen molar-refractivity contribution < 1.29 is 9.18 Å². The number of rotatable bonds is 3. The number of hydrogen-bond donors (Lipinski definition) is 2. The molecule has 1 aliphatic rings. The van der Waals surface area contributed by atoms with Gasteiger partial charge in [-0.1, -0.05) is 0 Å². The number of fused-ring (bicyclic) bond motifs is 1. The van der Waals surface area contributed by atoms with Crippen molar-refractivity contribution in [2.45, 2.75) is 26.6 Å². The molecule has 0 unspecified atom stereocenters. The van der Waals surface area contributed by atoms with Gasteiger partial charge in [0.2, 0.25) is 0 Å². The zero-order valence-electron chi connectivity index (χ0n) is 14.8. The van der Waals surface area contributed by atoms with E-state index in [0.29, 0.717) is 24.5 Å². The van der Waals surface area contributed by atoms with Crippen LogP contribution < -0.4 is 11.1 Å². The Morgan fingerprint density at radius 1 is 1.22 bits per heavy atom. The standard InChI is InChI=1S/C19H19FN6O/c1-2-26-10-13-9-25(11-17(13)24-26)19(27)23-18-15(21)7-8-16(22-18)12-3-5-14(20)6-4-12/h3-8,10H,2,9,11,21H2,1H3,(H,22,23,27). The van der Waals surface area contributed by atoms with Crippen LogP contribution in [0.4, 0.5) is 20.7 Å². The molecule has 0 aliphatic carbocycles. The summed E-state index contributed by atoms with van der Waals surface area (Å²) in [6.07, 6.45) is 1.96. The first kappa shape index (κ1) is 17.0. The monoisotopic (exact) mass is 366 g/mol. The van der Waals surface area contributed by atoms with Crippen molar-refractivity contribution in [2.75, 3.05) is 11.1 Å². The van der Waals surface area contributed by atoms with E-state index in [4.69, 9.17) is 5.73 Å². The lowest BCUT2D eigenvalue weighted by Crippen LogP contribution is -2.31. The number of benzene rings is 1. The number of aromatic nitrogens is 3. The maximum Gasteiger partial charge on any atom is 0.323 e. The number of urea groups is 1. The largest absolute Gasteiger partial charge is 0.396 e. The lowest BCUT2D eigenvalue weighted by molar-refractivity contribution is 0.211. The first-order valence-corrected chi connectivity index (χ1v) is 8.67. The Morgan fingerprint density at radius 3 is 2.70 bits per heavy atom. The van der Waals surface area contributed by atoms with Crippen molar-refractivity contribution in [2.24, 2.45) is 0 Å². The van der Waals surface area contributed by atoms with Crippen LogP contribution in [0, 0.1) is 5.82 Å². The van der Waals surface area contributed by atoms with E-state index >= 15 is 0 Å². The van der Waals surface area contributed by atoms with Gasteiger partial charge in [0.15, 0.2) is 5.82 Å². The highest BCUT2D eigenvalue weighted by molar-refractivity contribution is 5.92. The Bertz CT molecular complexity index is 974. The van der Waals surface area contributed by atoms with E-state index in [1.165, 1.54) is 12.1 Å². The van der Waals surface area contributed by atoms with Gasteiger partial charge in [0, 0.05) is 23.9 Å². The highest BCUT2D eigenvalue weighted by atomic mass is 19.1. The SMILES string of the molecule is CCn1cc2c(n1)CN(C(=O)Nc1nc(-c3ccc(F)cc3)ccc1N)C2. The van der Waals surface area contributed by atoms with Crippen LogP contribution in [-0.2, 0) is 19.6 Å². The summed E-state index contributed by atoms with van der Waals surface area (Å²) in [5.41, 5.74) is 9.63. The van der Waals surface area contributed by atoms with Gasteiger partial charge in [-0.2, -0.15) is 5.10 Å². The average molecular weight is 366 g/mol. The summed E-state index contributed by atoms with van der Waals surface area (Å²) in [5, 5.41) is 7.22. The summed E-state index contributed by atoms with van der Waals surface area (Å²) >= 11 is 0. The first-order chi connectivity index (χ1) is 13.0. The Hall–Kier alpha value is -3.42. The van der Waals surface area contributed by atoms with Crippen molar-refractivity contribution in [3.8, 4) is 11.3 Å². The molecule has 2 amide bonds. The van der Waals surface area contributed by atoms with Gasteiger partial charge in [-0.05, 0) is 43.3 Å². The Labute approximate surface area is 155 Å². The summed E-state index contributed by atoms with van der Waals surface area (Å²) in [6.45, 7) is 3.77. The van der Waals surface area contributed by atoms with E-state index < -0.39 is 0 Å². The van der Waals surface area contributed by atoms with Gasteiger partial charge in [0.1, 0.15) is 5.82 Å². The normalized spacial score (nSPS) is 12.9. The number of pyridine rings is 1. The number of nitrogens with two attached hydrogens (primary N) is 1. The maximum atomic E-state index is 13.1. The zero-order chi connectivity index (χ0) is 19.0. The van der Waals surface area contributed by atoms with Gasteiger partial charge in [0.05, 0.1) is 30.2 Å². The summed E-state index contributed by atoms with van der Waals surface area (Å²) in [5.74, 6) is -0.0360. The molecule has 4 rings (SSSR count). The molecule has 2 aromatic heterocycles. The molecule has 0 saturated heterocycles. The molecule has 0 spiro atoms. The molecule has 3 aromatic rings. The number of nitrogens with zero attached hydrogens (tertiary/aromatic N) is 4. The third-order valence-corrected chi connectivity index (χ3v) is 4.53. The summed E-state index contributed by atoms with van der Waals surface area (Å²) < 4.78 is 15.0. The quantitative estimate of drug-likeness (QED) is 0.745. The predicted octanol–water partition coefficient (Wildman–Crippen LogP) is 3.23. The smallest absolute Gasteiger partial charge is 0.323 e. The van der Waals surface area contributed by atoms with Gasteiger partial charge in [-0.3, -0.25) is 10.00 Å². The minimum Gasteiger partial charge on any atom is -0.396 e. The number of nitrogens with one attached hydrogen (secondary N) is 1. The Balaban J connectivity index is 1.50. The molecular weight excluding hydrogens is 347 g/mol. The number of carbonyl (C=O) groups is 1. The van der Waals surface area contributed by atoms with Crippen LogP contribution in [0.15, 0.2) is 42.6 Å². The fourth-order valence-electron chi connectivity index (χ4n) is 3.05. The highest BCUT2D eigenvalue weighted by Crippen LogP contribution is 2.26. The number of halogens is 1. The van der Waals surface area contributed by atoms with Gasteiger partial charge in [-0.25, -0.2) is 14.2 Å². The Morgan fingerprint density at radius 2 is 2.00 bits per heavy atom. The molecule has 0 atom stereocenters. The minimum atomic E-state index is -0.318. The van der Waals surface area contributed by atoms with Crippen LogP contribution >= 0.6 is 0 Å². The van der Waals surface area contributed by atoms with Crippen LogP contribution in [0.5, 0.6) is 0 Å². The van der Waals surface area contributed by atoms with Crippen molar-refractivity contribution in [1.29, 1.82) is 0 Å². The highest BCUT2D eigenvalue weighted by Gasteiger charge is 2.26. The summed E-state index contributed by atoms with van der Waals surface area (Å²) in [4.78, 5) is 18.7. The van der Waals surface area contributed by atoms with Gasteiger partial charge < -0.3 is 10.6 Å². The molecule has 0 fully saturated rings. The van der Waals surface area contributed by atoms with Crippen LogP contribution in [-0.4, -0.2) is 25.7 Å². The first-order valence-electron chi connectivity index (χ1n) is 8.67. The topological polar surface area (TPSA) is 89.1 Å². The van der Waals surface area contributed by atoms with Crippen LogP contribution in [0.2, 0.25) is 0 Å². The molecular formula is C19H19FN6O. The number of nitrogen functional groups attached to an aromatic ring is 1. The predicted molar refractivity (Wildman–Crippen MR) is 100 cm³/mol. The van der Waals surface area contributed by atoms with E-state index in [0.717, 1.165) is 23.4 Å². The van der Waals surface area contributed by atoms with Gasteiger partial charge in [0.25, 0.3) is 0 Å². The molecule has 27 heavy (non-hydrogen) atoms. The second-order valence-corrected chi connectivity index (χ2v) is 6.38. The zero-order valence-corrected chi connectivity index (χ0v) is 14.8. The number of anilines is 2. The molecule has 1 aromatic carbocycles. The molecule has 0 saturated carbocycles. The Kier molecular flexibility index (Phi) is 4.23. The lowest BCUT2D eigenvalue weighted by Gasteiger charge is -2.17. The molecule has 3 heterocycles. The number of carbonyl (C=O) groups excluding carboxylic acids is 1. The third kappa shape index (κ3) is 3.33. The van der Waals surface area contributed by atoms with Gasteiger partial charge in [-0.15, -0.1) is 0 Å². The van der Waals surface area contributed by atoms with Crippen LogP contribution in [0.3, 0.4) is 0 Å². The molecule has 0 radical (unpaired) electrons. The number of amides is 2. The van der Waals surface area contributed by atoms with Gasteiger partial charge >= 0.3 is 6.03 Å². The van der Waals surface area contributed by atoms with Crippen LogP contribution in [0.1, 0.15) is 18.2 Å². The van der Waals surface area contributed by atoms with Crippen molar-refractivity contribution >= 4 is 17.5 Å². The van der Waals surface area contributed by atoms with E-state index in [9.17, 15) is 9.18 Å². The fraction of sp³-hybridized carbons (Fsp3) is 0.211.